The average molecular weight is 340 g/mol. The molecule has 1 aromatic carbocycles. The van der Waals surface area contributed by atoms with E-state index in [9.17, 15) is 9.59 Å². The number of carboxylic acids is 1. The second-order valence-corrected chi connectivity index (χ2v) is 5.52. The van der Waals surface area contributed by atoms with Gasteiger partial charge in [0.2, 0.25) is 0 Å². The monoisotopic (exact) mass is 339 g/mol. The van der Waals surface area contributed by atoms with E-state index >= 15 is 0 Å². The maximum absolute atomic E-state index is 12.0. The number of carboxylic acid groups (broad SMARTS) is 1. The zero-order valence-electron chi connectivity index (χ0n) is 9.94. The maximum Gasteiger partial charge on any atom is 0.335 e. The lowest BCUT2D eigenvalue weighted by Crippen LogP contribution is -2.12. The molecule has 2 rings (SSSR count). The first-order valence-electron chi connectivity index (χ1n) is 5.36. The van der Waals surface area contributed by atoms with Crippen LogP contribution in [0.1, 0.15) is 26.3 Å². The molecule has 4 nitrogen and oxygen atoms in total. The molecule has 19 heavy (non-hydrogen) atoms. The van der Waals surface area contributed by atoms with Gasteiger partial charge in [0.25, 0.3) is 5.91 Å². The summed E-state index contributed by atoms with van der Waals surface area (Å²) in [5.41, 5.74) is 2.25. The molecule has 0 bridgehead atoms. The van der Waals surface area contributed by atoms with Crippen LogP contribution < -0.4 is 5.32 Å². The van der Waals surface area contributed by atoms with Crippen molar-refractivity contribution in [2.45, 2.75) is 6.92 Å². The van der Waals surface area contributed by atoms with E-state index in [4.69, 9.17) is 5.11 Å². The number of amides is 1. The largest absolute Gasteiger partial charge is 0.478 e. The van der Waals surface area contributed by atoms with Gasteiger partial charge in [0, 0.05) is 9.85 Å². The van der Waals surface area contributed by atoms with Gasteiger partial charge in [0.15, 0.2) is 0 Å². The molecule has 6 heteroatoms. The quantitative estimate of drug-likeness (QED) is 0.894. The van der Waals surface area contributed by atoms with Gasteiger partial charge in [-0.3, -0.25) is 4.79 Å². The van der Waals surface area contributed by atoms with Gasteiger partial charge in [-0.05, 0) is 52.0 Å². The Morgan fingerprint density at radius 3 is 2.58 bits per heavy atom. The minimum absolute atomic E-state index is 0.164. The Morgan fingerprint density at radius 2 is 2.05 bits per heavy atom. The number of nitrogens with one attached hydrogen (secondary N) is 1. The minimum atomic E-state index is -1.01. The van der Waals surface area contributed by atoms with E-state index < -0.39 is 5.97 Å². The molecule has 0 fully saturated rings. The third-order valence-corrected chi connectivity index (χ3v) is 4.08. The van der Waals surface area contributed by atoms with Crippen molar-refractivity contribution < 1.29 is 14.7 Å². The van der Waals surface area contributed by atoms with Crippen LogP contribution in [0.3, 0.4) is 0 Å². The van der Waals surface area contributed by atoms with E-state index in [-0.39, 0.29) is 11.5 Å². The second kappa shape index (κ2) is 5.54. The van der Waals surface area contributed by atoms with Crippen LogP contribution in [-0.4, -0.2) is 17.0 Å². The van der Waals surface area contributed by atoms with Crippen molar-refractivity contribution in [3.63, 3.8) is 0 Å². The van der Waals surface area contributed by atoms with Gasteiger partial charge < -0.3 is 10.4 Å². The van der Waals surface area contributed by atoms with E-state index in [1.54, 1.807) is 11.4 Å². The molecule has 0 unspecified atom stereocenters. The predicted octanol–water partition coefficient (Wildman–Crippen LogP) is 3.77. The summed E-state index contributed by atoms with van der Waals surface area (Å²) >= 11 is 4.72. The number of hydrogen-bond donors (Lipinski definition) is 2. The number of rotatable bonds is 3. The van der Waals surface area contributed by atoms with Crippen molar-refractivity contribution in [1.29, 1.82) is 0 Å². The highest BCUT2D eigenvalue weighted by Crippen LogP contribution is 2.25. The molecule has 98 valence electrons. The van der Waals surface area contributed by atoms with Crippen LogP contribution in [0.4, 0.5) is 5.69 Å². The van der Waals surface area contributed by atoms with Crippen LogP contribution in [0.15, 0.2) is 33.4 Å². The minimum Gasteiger partial charge on any atom is -0.478 e. The molecular formula is C13H10BrNO3S. The number of carbonyl (C=O) groups excluding carboxylic acids is 1. The summed E-state index contributed by atoms with van der Waals surface area (Å²) in [5, 5.41) is 15.3. The molecule has 0 saturated heterocycles. The van der Waals surface area contributed by atoms with Crippen molar-refractivity contribution >= 4 is 44.8 Å². The topological polar surface area (TPSA) is 66.4 Å². The van der Waals surface area contributed by atoms with Gasteiger partial charge in [0.1, 0.15) is 0 Å². The second-order valence-electron chi connectivity index (χ2n) is 3.92. The number of anilines is 1. The van der Waals surface area contributed by atoms with Crippen LogP contribution in [0.2, 0.25) is 0 Å². The molecule has 0 radical (unpaired) electrons. The molecule has 1 aromatic heterocycles. The third kappa shape index (κ3) is 3.02. The Kier molecular flexibility index (Phi) is 4.01. The summed E-state index contributed by atoms with van der Waals surface area (Å²) in [6.07, 6.45) is 0. The van der Waals surface area contributed by atoms with Gasteiger partial charge in [-0.15, -0.1) is 0 Å². The van der Waals surface area contributed by atoms with E-state index in [1.807, 2.05) is 12.3 Å². The predicted molar refractivity (Wildman–Crippen MR) is 78.1 cm³/mol. The number of benzene rings is 1. The van der Waals surface area contributed by atoms with E-state index in [0.717, 1.165) is 5.56 Å². The SMILES string of the molecule is Cc1cscc1C(=O)Nc1ccc(C(=O)O)cc1Br. The van der Waals surface area contributed by atoms with Crippen molar-refractivity contribution in [2.24, 2.45) is 0 Å². The maximum atomic E-state index is 12.0. The highest BCUT2D eigenvalue weighted by molar-refractivity contribution is 9.10. The first-order chi connectivity index (χ1) is 8.99. The molecule has 2 N–H and O–H groups in total. The first kappa shape index (κ1) is 13.8. The molecule has 0 aliphatic heterocycles. The Balaban J connectivity index is 2.23. The van der Waals surface area contributed by atoms with Crippen LogP contribution >= 0.6 is 27.3 Å². The summed E-state index contributed by atoms with van der Waals surface area (Å²) < 4.78 is 0.536. The number of halogens is 1. The Hall–Kier alpha value is -1.66. The summed E-state index contributed by atoms with van der Waals surface area (Å²) in [6.45, 7) is 1.87. The Bertz CT molecular complexity index is 651. The summed E-state index contributed by atoms with van der Waals surface area (Å²) in [7, 11) is 0. The van der Waals surface area contributed by atoms with Gasteiger partial charge in [-0.1, -0.05) is 0 Å². The average Bonchev–Trinajstić information content (AvgIpc) is 2.77. The summed E-state index contributed by atoms with van der Waals surface area (Å²) in [5.74, 6) is -1.21. The van der Waals surface area contributed by atoms with Gasteiger partial charge in [-0.25, -0.2) is 4.79 Å². The van der Waals surface area contributed by atoms with E-state index in [2.05, 4.69) is 21.2 Å². The third-order valence-electron chi connectivity index (χ3n) is 2.56. The molecule has 1 heterocycles. The number of aromatic carboxylic acids is 1. The molecule has 0 spiro atoms. The molecule has 0 atom stereocenters. The normalized spacial score (nSPS) is 10.2. The van der Waals surface area contributed by atoms with Gasteiger partial charge in [0.05, 0.1) is 16.8 Å². The van der Waals surface area contributed by atoms with Gasteiger partial charge in [-0.2, -0.15) is 11.3 Å². The van der Waals surface area contributed by atoms with Gasteiger partial charge >= 0.3 is 5.97 Å². The van der Waals surface area contributed by atoms with Crippen molar-refractivity contribution in [3.8, 4) is 0 Å². The van der Waals surface area contributed by atoms with Crippen LogP contribution in [-0.2, 0) is 0 Å². The number of hydrogen-bond acceptors (Lipinski definition) is 3. The zero-order valence-corrected chi connectivity index (χ0v) is 12.3. The van der Waals surface area contributed by atoms with Crippen LogP contribution in [0.25, 0.3) is 0 Å². The Morgan fingerprint density at radius 1 is 1.32 bits per heavy atom. The fourth-order valence-corrected chi connectivity index (χ4v) is 2.84. The number of thiophene rings is 1. The lowest BCUT2D eigenvalue weighted by Gasteiger charge is -2.08. The number of aryl methyl sites for hydroxylation is 1. The molecule has 2 aromatic rings. The zero-order chi connectivity index (χ0) is 14.0. The smallest absolute Gasteiger partial charge is 0.335 e. The lowest BCUT2D eigenvalue weighted by atomic mass is 10.2. The number of carbonyl (C=O) groups is 2. The molecule has 0 saturated carbocycles. The highest BCUT2D eigenvalue weighted by atomic mass is 79.9. The van der Waals surface area contributed by atoms with Crippen LogP contribution in [0, 0.1) is 6.92 Å². The first-order valence-corrected chi connectivity index (χ1v) is 7.09. The highest BCUT2D eigenvalue weighted by Gasteiger charge is 2.13. The lowest BCUT2D eigenvalue weighted by molar-refractivity contribution is 0.0696. The fourth-order valence-electron chi connectivity index (χ4n) is 1.53. The summed E-state index contributed by atoms with van der Waals surface area (Å²) in [6, 6.07) is 4.47. The van der Waals surface area contributed by atoms with E-state index in [0.29, 0.717) is 15.7 Å². The van der Waals surface area contributed by atoms with E-state index in [1.165, 1.54) is 23.5 Å². The van der Waals surface area contributed by atoms with Crippen molar-refractivity contribution in [2.75, 3.05) is 5.32 Å². The summed E-state index contributed by atoms with van der Waals surface area (Å²) in [4.78, 5) is 22.8. The molecular weight excluding hydrogens is 330 g/mol. The molecule has 0 aliphatic rings. The molecule has 0 aliphatic carbocycles. The Labute approximate surface area is 122 Å². The molecule has 1 amide bonds. The fraction of sp³-hybridized carbons (Fsp3) is 0.0769. The van der Waals surface area contributed by atoms with Crippen molar-refractivity contribution in [3.05, 3.63) is 50.1 Å². The standard InChI is InChI=1S/C13H10BrNO3S/c1-7-5-19-6-9(7)12(16)15-11-3-2-8(13(17)18)4-10(11)14/h2-6H,1H3,(H,15,16)(H,17,18). The van der Waals surface area contributed by atoms with Crippen molar-refractivity contribution in [1.82, 2.24) is 0 Å². The van der Waals surface area contributed by atoms with Crippen LogP contribution in [0.5, 0.6) is 0 Å².